The highest BCUT2D eigenvalue weighted by Crippen LogP contribution is 2.03. The van der Waals surface area contributed by atoms with Gasteiger partial charge in [0.1, 0.15) is 12.1 Å². The largest absolute Gasteiger partial charge is 0.172 e. The summed E-state index contributed by atoms with van der Waals surface area (Å²) in [5, 5.41) is 0. The zero-order valence-corrected chi connectivity index (χ0v) is 6.76. The Morgan fingerprint density at radius 3 is 1.11 bits per heavy atom. The normalized spacial score (nSPS) is 13.3. The lowest BCUT2D eigenvalue weighted by molar-refractivity contribution is -0.989. The molecule has 3 heteroatoms. The van der Waals surface area contributed by atoms with Crippen molar-refractivity contribution in [1.29, 1.82) is 0 Å². The molecular weight excluding hydrogens is 114 g/mol. The molecule has 0 aliphatic carbocycles. The van der Waals surface area contributed by atoms with E-state index in [4.69, 9.17) is 11.7 Å². The first-order valence-electron chi connectivity index (χ1n) is 3.34. The lowest BCUT2D eigenvalue weighted by Crippen LogP contribution is -2.68. The summed E-state index contributed by atoms with van der Waals surface area (Å²) in [6.45, 7) is 8.06. The summed E-state index contributed by atoms with van der Waals surface area (Å²) in [6, 6.07) is 0.565. The maximum absolute atomic E-state index is 5.72. The van der Waals surface area contributed by atoms with Gasteiger partial charge < -0.3 is 0 Å². The van der Waals surface area contributed by atoms with Crippen molar-refractivity contribution in [1.82, 2.24) is 0 Å². The van der Waals surface area contributed by atoms with Crippen LogP contribution in [0.4, 0.5) is 0 Å². The molecule has 0 saturated heterocycles. The Bertz CT molecular complexity index is 76.3. The molecule has 4 N–H and O–H groups in total. The van der Waals surface area contributed by atoms with E-state index in [1.54, 1.807) is 0 Å². The third-order valence-electron chi connectivity index (χ3n) is 1.79. The average molecular weight is 132 g/mol. The Labute approximate surface area is 57.2 Å². The van der Waals surface area contributed by atoms with Gasteiger partial charge in [0.15, 0.2) is 0 Å². The van der Waals surface area contributed by atoms with Crippen LogP contribution in [0.5, 0.6) is 0 Å². The molecule has 0 bridgehead atoms. The van der Waals surface area contributed by atoms with Crippen LogP contribution in [0.1, 0.15) is 27.7 Å². The van der Waals surface area contributed by atoms with E-state index in [1.165, 1.54) is 0 Å². The Balaban J connectivity index is 4.01. The summed E-state index contributed by atoms with van der Waals surface area (Å²) in [5.41, 5.74) is 0. The lowest BCUT2D eigenvalue weighted by atomic mass is 10.3. The van der Waals surface area contributed by atoms with Crippen molar-refractivity contribution in [3.8, 4) is 0 Å². The Morgan fingerprint density at radius 1 is 0.889 bits per heavy atom. The van der Waals surface area contributed by atoms with Gasteiger partial charge in [-0.05, 0) is 27.7 Å². The molecule has 0 aromatic carbocycles. The van der Waals surface area contributed by atoms with Crippen LogP contribution >= 0.6 is 0 Å². The first-order chi connectivity index (χ1) is 3.89. The molecule has 0 saturated carbocycles. The number of quaternary nitrogens is 1. The summed E-state index contributed by atoms with van der Waals surface area (Å²) in [5.74, 6) is 11.4. The smallest absolute Gasteiger partial charge is 0.119 e. The van der Waals surface area contributed by atoms with E-state index in [-0.39, 0.29) is 16.8 Å². The zero-order valence-electron chi connectivity index (χ0n) is 6.76. The fourth-order valence-corrected chi connectivity index (χ4v) is 0.596. The Morgan fingerprint density at radius 2 is 1.11 bits per heavy atom. The molecule has 0 amide bonds. The van der Waals surface area contributed by atoms with Gasteiger partial charge in [-0.3, -0.25) is 0 Å². The summed E-state index contributed by atoms with van der Waals surface area (Å²) in [7, 11) is 0. The van der Waals surface area contributed by atoms with Crippen LogP contribution in [0.25, 0.3) is 0 Å². The van der Waals surface area contributed by atoms with Crippen LogP contribution in [0.3, 0.4) is 0 Å². The fourth-order valence-electron chi connectivity index (χ4n) is 0.596. The Kier molecular flexibility index (Phi) is 2.61. The lowest BCUT2D eigenvalue weighted by Gasteiger charge is -2.34. The monoisotopic (exact) mass is 132 g/mol. The minimum absolute atomic E-state index is 0.111. The first-order valence-corrected chi connectivity index (χ1v) is 3.34. The SMILES string of the molecule is CC(C)[N+](N)(N)C(C)C. The predicted molar refractivity (Wildman–Crippen MR) is 38.9 cm³/mol. The van der Waals surface area contributed by atoms with Gasteiger partial charge in [-0.2, -0.15) is 16.4 Å². The van der Waals surface area contributed by atoms with Crippen LogP contribution in [-0.4, -0.2) is 16.8 Å². The van der Waals surface area contributed by atoms with E-state index in [1.807, 2.05) is 27.7 Å². The molecule has 0 aliphatic heterocycles. The number of hydrogen-bond acceptors (Lipinski definition) is 2. The molecule has 0 rings (SSSR count). The predicted octanol–water partition coefficient (Wildman–Crippen LogP) is 0.367. The Hall–Kier alpha value is -0.120. The number of nitrogens with two attached hydrogens (primary N) is 2. The van der Waals surface area contributed by atoms with Crippen LogP contribution in [0.15, 0.2) is 0 Å². The van der Waals surface area contributed by atoms with E-state index in [9.17, 15) is 0 Å². The second-order valence-electron chi connectivity index (χ2n) is 3.08. The van der Waals surface area contributed by atoms with Gasteiger partial charge in [-0.15, -0.1) is 0 Å². The van der Waals surface area contributed by atoms with Gasteiger partial charge >= 0.3 is 0 Å². The van der Waals surface area contributed by atoms with Crippen LogP contribution in [-0.2, 0) is 0 Å². The first kappa shape index (κ1) is 8.88. The van der Waals surface area contributed by atoms with Crippen molar-refractivity contribution in [3.63, 3.8) is 0 Å². The molecule has 0 spiro atoms. The summed E-state index contributed by atoms with van der Waals surface area (Å²) < 4.78 is 0.111. The number of nitrogens with zero attached hydrogens (tertiary/aromatic N) is 1. The van der Waals surface area contributed by atoms with Crippen LogP contribution in [0.2, 0.25) is 0 Å². The van der Waals surface area contributed by atoms with Gasteiger partial charge in [0.2, 0.25) is 0 Å². The second kappa shape index (κ2) is 2.64. The van der Waals surface area contributed by atoms with Crippen LogP contribution < -0.4 is 11.7 Å². The molecule has 0 heterocycles. The van der Waals surface area contributed by atoms with Gasteiger partial charge in [-0.1, -0.05) is 0 Å². The maximum Gasteiger partial charge on any atom is 0.119 e. The summed E-state index contributed by atoms with van der Waals surface area (Å²) in [6.07, 6.45) is 0. The molecule has 0 fully saturated rings. The molecule has 0 aromatic rings. The fraction of sp³-hybridized carbons (Fsp3) is 1.00. The van der Waals surface area contributed by atoms with E-state index < -0.39 is 0 Å². The molecule has 0 aliphatic rings. The van der Waals surface area contributed by atoms with Gasteiger partial charge in [0.25, 0.3) is 0 Å². The number of hydrogen-bond donors (Lipinski definition) is 2. The van der Waals surface area contributed by atoms with Crippen LogP contribution in [0, 0.1) is 0 Å². The van der Waals surface area contributed by atoms with Crippen molar-refractivity contribution in [3.05, 3.63) is 0 Å². The minimum atomic E-state index is 0.111. The second-order valence-corrected chi connectivity index (χ2v) is 3.08. The van der Waals surface area contributed by atoms with E-state index in [0.717, 1.165) is 0 Å². The summed E-state index contributed by atoms with van der Waals surface area (Å²) in [4.78, 5) is 0. The zero-order chi connectivity index (χ0) is 7.65. The van der Waals surface area contributed by atoms with Crippen molar-refractivity contribution in [2.24, 2.45) is 11.7 Å². The van der Waals surface area contributed by atoms with E-state index >= 15 is 0 Å². The molecular formula is C6H18N3+. The van der Waals surface area contributed by atoms with Gasteiger partial charge in [0, 0.05) is 0 Å². The molecule has 0 radical (unpaired) electrons. The average Bonchev–Trinajstić information content (AvgIpc) is 1.65. The molecule has 0 aromatic heterocycles. The third-order valence-corrected chi connectivity index (χ3v) is 1.79. The maximum atomic E-state index is 5.72. The molecule has 56 valence electrons. The van der Waals surface area contributed by atoms with Crippen molar-refractivity contribution in [2.45, 2.75) is 39.8 Å². The van der Waals surface area contributed by atoms with Crippen molar-refractivity contribution >= 4 is 0 Å². The van der Waals surface area contributed by atoms with E-state index in [2.05, 4.69) is 0 Å². The standard InChI is InChI=1S/C6H18N3/c1-5(2)9(7,8)6(3)4/h5-6H,7-8H2,1-4H3/q+1. The topological polar surface area (TPSA) is 52.0 Å². The highest BCUT2D eigenvalue weighted by Gasteiger charge is 2.26. The quantitative estimate of drug-likeness (QED) is 0.324. The van der Waals surface area contributed by atoms with Crippen molar-refractivity contribution in [2.75, 3.05) is 0 Å². The minimum Gasteiger partial charge on any atom is -0.172 e. The van der Waals surface area contributed by atoms with Gasteiger partial charge in [0.05, 0.1) is 0 Å². The van der Waals surface area contributed by atoms with E-state index in [0.29, 0.717) is 0 Å². The molecule has 0 unspecified atom stereocenters. The molecule has 3 nitrogen and oxygen atoms in total. The highest BCUT2D eigenvalue weighted by atomic mass is 15.8. The molecule has 9 heavy (non-hydrogen) atoms. The summed E-state index contributed by atoms with van der Waals surface area (Å²) >= 11 is 0. The highest BCUT2D eigenvalue weighted by molar-refractivity contribution is 4.41. The van der Waals surface area contributed by atoms with Gasteiger partial charge in [-0.25, -0.2) is 0 Å². The third kappa shape index (κ3) is 1.93. The molecule has 0 atom stereocenters. The number of rotatable bonds is 2. The van der Waals surface area contributed by atoms with Crippen molar-refractivity contribution < 1.29 is 4.70 Å².